The van der Waals surface area contributed by atoms with Gasteiger partial charge in [0.2, 0.25) is 11.8 Å². The summed E-state index contributed by atoms with van der Waals surface area (Å²) in [5.74, 6) is 0.269. The van der Waals surface area contributed by atoms with Crippen molar-refractivity contribution in [3.05, 3.63) is 65.7 Å². The van der Waals surface area contributed by atoms with Gasteiger partial charge in [-0.2, -0.15) is 0 Å². The topological polar surface area (TPSA) is 40.6 Å². The zero-order valence-corrected chi connectivity index (χ0v) is 13.9. The van der Waals surface area contributed by atoms with Crippen molar-refractivity contribution in [3.8, 4) is 0 Å². The predicted molar refractivity (Wildman–Crippen MR) is 94.6 cm³/mol. The van der Waals surface area contributed by atoms with Gasteiger partial charge in [0.15, 0.2) is 0 Å². The van der Waals surface area contributed by atoms with Crippen LogP contribution in [0.1, 0.15) is 24.0 Å². The normalized spacial score (nSPS) is 14.0. The van der Waals surface area contributed by atoms with E-state index in [1.54, 1.807) is 4.90 Å². The van der Waals surface area contributed by atoms with Crippen molar-refractivity contribution in [2.45, 2.75) is 25.8 Å². The average molecular weight is 322 g/mol. The second-order valence-electron chi connectivity index (χ2n) is 6.23. The highest BCUT2D eigenvalue weighted by molar-refractivity contribution is 5.95. The first-order chi connectivity index (χ1) is 11.6. The molecule has 0 radical (unpaired) electrons. The number of hydrogen-bond donors (Lipinski definition) is 0. The first kappa shape index (κ1) is 16.2. The van der Waals surface area contributed by atoms with E-state index in [0.717, 1.165) is 29.8 Å². The Morgan fingerprint density at radius 1 is 1.04 bits per heavy atom. The lowest BCUT2D eigenvalue weighted by Crippen LogP contribution is -2.27. The summed E-state index contributed by atoms with van der Waals surface area (Å²) in [6.07, 6.45) is 1.92. The lowest BCUT2D eigenvalue weighted by molar-refractivity contribution is -0.129. The maximum Gasteiger partial charge on any atom is 0.227 e. The molecule has 0 aromatic heterocycles. The van der Waals surface area contributed by atoms with Gasteiger partial charge in [0.1, 0.15) is 0 Å². The quantitative estimate of drug-likeness (QED) is 0.849. The Balaban J connectivity index is 1.59. The summed E-state index contributed by atoms with van der Waals surface area (Å²) in [4.78, 5) is 27.7. The Labute approximate surface area is 142 Å². The lowest BCUT2D eigenvalue weighted by atomic mass is 10.1. The molecule has 4 heteroatoms. The van der Waals surface area contributed by atoms with Crippen molar-refractivity contribution in [2.75, 3.05) is 18.5 Å². The van der Waals surface area contributed by atoms with Gasteiger partial charge in [-0.15, -0.1) is 0 Å². The fraction of sp³-hybridized carbons (Fsp3) is 0.300. The van der Waals surface area contributed by atoms with E-state index in [1.165, 1.54) is 0 Å². The number of likely N-dealkylation sites (N-methyl/N-ethyl adjacent to an activating group) is 1. The van der Waals surface area contributed by atoms with E-state index in [0.29, 0.717) is 19.4 Å². The molecule has 124 valence electrons. The molecule has 2 amide bonds. The molecular formula is C20H22N2O2. The fourth-order valence-electron chi connectivity index (χ4n) is 2.97. The van der Waals surface area contributed by atoms with Crippen LogP contribution in [-0.4, -0.2) is 30.3 Å². The predicted octanol–water partition coefficient (Wildman–Crippen LogP) is 3.01. The average Bonchev–Trinajstić information content (AvgIpc) is 3.02. The number of nitrogens with zero attached hydrogens (tertiary/aromatic N) is 2. The van der Waals surface area contributed by atoms with E-state index in [4.69, 9.17) is 0 Å². The summed E-state index contributed by atoms with van der Waals surface area (Å²) in [5.41, 5.74) is 3.01. The van der Waals surface area contributed by atoms with E-state index in [-0.39, 0.29) is 11.8 Å². The minimum atomic E-state index is 0.0869. The van der Waals surface area contributed by atoms with Gasteiger partial charge in [-0.3, -0.25) is 9.59 Å². The van der Waals surface area contributed by atoms with Gasteiger partial charge >= 0.3 is 0 Å². The minimum absolute atomic E-state index is 0.0869. The van der Waals surface area contributed by atoms with Crippen LogP contribution < -0.4 is 4.90 Å². The summed E-state index contributed by atoms with van der Waals surface area (Å²) in [5, 5.41) is 0. The van der Waals surface area contributed by atoms with Crippen molar-refractivity contribution in [1.82, 2.24) is 4.90 Å². The van der Waals surface area contributed by atoms with E-state index in [1.807, 2.05) is 66.5 Å². The van der Waals surface area contributed by atoms with Crippen LogP contribution in [0.5, 0.6) is 0 Å². The van der Waals surface area contributed by atoms with Crippen molar-refractivity contribution in [1.29, 1.82) is 0 Å². The van der Waals surface area contributed by atoms with Crippen LogP contribution in [0.3, 0.4) is 0 Å². The fourth-order valence-corrected chi connectivity index (χ4v) is 2.97. The molecule has 1 aliphatic heterocycles. The summed E-state index contributed by atoms with van der Waals surface area (Å²) >= 11 is 0. The Morgan fingerprint density at radius 3 is 2.38 bits per heavy atom. The van der Waals surface area contributed by atoms with Gasteiger partial charge in [0.05, 0.1) is 6.42 Å². The molecule has 0 bridgehead atoms. The van der Waals surface area contributed by atoms with Crippen LogP contribution in [0.4, 0.5) is 5.69 Å². The molecule has 0 unspecified atom stereocenters. The zero-order chi connectivity index (χ0) is 16.9. The molecule has 0 atom stereocenters. The Bertz CT molecular complexity index is 710. The highest BCUT2D eigenvalue weighted by atomic mass is 16.2. The van der Waals surface area contributed by atoms with Gasteiger partial charge in [0, 0.05) is 32.2 Å². The Kier molecular flexibility index (Phi) is 4.94. The molecular weight excluding hydrogens is 300 g/mol. The van der Waals surface area contributed by atoms with Gasteiger partial charge < -0.3 is 9.80 Å². The molecule has 1 heterocycles. The third kappa shape index (κ3) is 3.82. The monoisotopic (exact) mass is 322 g/mol. The largest absolute Gasteiger partial charge is 0.341 e. The van der Waals surface area contributed by atoms with Gasteiger partial charge in [-0.1, -0.05) is 42.5 Å². The standard InChI is InChI=1S/C20H22N2O2/c1-21(15-17-6-3-2-4-7-17)20(24)14-16-9-11-18(12-10-16)22-13-5-8-19(22)23/h2-4,6-7,9-12H,5,8,13-15H2,1H3. The molecule has 1 saturated heterocycles. The number of carbonyl (C=O) groups excluding carboxylic acids is 2. The minimum Gasteiger partial charge on any atom is -0.341 e. The Morgan fingerprint density at radius 2 is 1.75 bits per heavy atom. The van der Waals surface area contributed by atoms with Crippen LogP contribution in [0.15, 0.2) is 54.6 Å². The highest BCUT2D eigenvalue weighted by Crippen LogP contribution is 2.21. The van der Waals surface area contributed by atoms with Crippen LogP contribution in [0.25, 0.3) is 0 Å². The Hall–Kier alpha value is -2.62. The highest BCUT2D eigenvalue weighted by Gasteiger charge is 2.21. The second-order valence-corrected chi connectivity index (χ2v) is 6.23. The molecule has 1 aliphatic rings. The zero-order valence-electron chi connectivity index (χ0n) is 13.9. The number of anilines is 1. The first-order valence-corrected chi connectivity index (χ1v) is 8.31. The molecule has 0 saturated carbocycles. The number of amides is 2. The lowest BCUT2D eigenvalue weighted by Gasteiger charge is -2.18. The number of benzene rings is 2. The van der Waals surface area contributed by atoms with E-state index < -0.39 is 0 Å². The maximum atomic E-state index is 12.4. The van der Waals surface area contributed by atoms with Crippen LogP contribution >= 0.6 is 0 Å². The third-order valence-electron chi connectivity index (χ3n) is 4.37. The van der Waals surface area contributed by atoms with Gasteiger partial charge in [-0.25, -0.2) is 0 Å². The van der Waals surface area contributed by atoms with Crippen molar-refractivity contribution in [3.63, 3.8) is 0 Å². The first-order valence-electron chi connectivity index (χ1n) is 8.31. The van der Waals surface area contributed by atoms with Gasteiger partial charge in [0.25, 0.3) is 0 Å². The van der Waals surface area contributed by atoms with E-state index >= 15 is 0 Å². The molecule has 0 N–H and O–H groups in total. The molecule has 2 aromatic rings. The summed E-state index contributed by atoms with van der Waals surface area (Å²) in [6.45, 7) is 1.40. The van der Waals surface area contributed by atoms with E-state index in [2.05, 4.69) is 0 Å². The molecule has 0 spiro atoms. The molecule has 4 nitrogen and oxygen atoms in total. The SMILES string of the molecule is CN(Cc1ccccc1)C(=O)Cc1ccc(N2CCCC2=O)cc1. The van der Waals surface area contributed by atoms with Crippen LogP contribution in [0.2, 0.25) is 0 Å². The van der Waals surface area contributed by atoms with Crippen molar-refractivity contribution < 1.29 is 9.59 Å². The van der Waals surface area contributed by atoms with Crippen molar-refractivity contribution in [2.24, 2.45) is 0 Å². The smallest absolute Gasteiger partial charge is 0.227 e. The number of carbonyl (C=O) groups is 2. The van der Waals surface area contributed by atoms with Crippen LogP contribution in [0, 0.1) is 0 Å². The molecule has 0 aliphatic carbocycles. The van der Waals surface area contributed by atoms with Crippen molar-refractivity contribution >= 4 is 17.5 Å². The molecule has 24 heavy (non-hydrogen) atoms. The third-order valence-corrected chi connectivity index (χ3v) is 4.37. The number of hydrogen-bond acceptors (Lipinski definition) is 2. The van der Waals surface area contributed by atoms with Gasteiger partial charge in [-0.05, 0) is 29.7 Å². The summed E-state index contributed by atoms with van der Waals surface area (Å²) in [7, 11) is 1.83. The molecule has 3 rings (SSSR count). The summed E-state index contributed by atoms with van der Waals surface area (Å²) in [6, 6.07) is 17.7. The number of rotatable bonds is 5. The summed E-state index contributed by atoms with van der Waals surface area (Å²) < 4.78 is 0. The molecule has 2 aromatic carbocycles. The second kappa shape index (κ2) is 7.30. The van der Waals surface area contributed by atoms with Crippen LogP contribution in [-0.2, 0) is 22.6 Å². The molecule has 1 fully saturated rings. The maximum absolute atomic E-state index is 12.4. The van der Waals surface area contributed by atoms with E-state index in [9.17, 15) is 9.59 Å².